The van der Waals surface area contributed by atoms with Crippen molar-refractivity contribution in [3.05, 3.63) is 75.3 Å². The highest BCUT2D eigenvalue weighted by Gasteiger charge is 2.38. The van der Waals surface area contributed by atoms with Crippen LogP contribution < -0.4 is 4.74 Å². The second-order valence-electron chi connectivity index (χ2n) is 8.06. The summed E-state index contributed by atoms with van der Waals surface area (Å²) >= 11 is 7.68. The average molecular weight is 471 g/mol. The van der Waals surface area contributed by atoms with Gasteiger partial charge in [-0.25, -0.2) is 0 Å². The maximum Gasteiger partial charge on any atom is 0.290 e. The molecule has 0 bridgehead atoms. The normalized spacial score (nSPS) is 17.7. The molecule has 8 heteroatoms. The molecule has 0 spiro atoms. The third-order valence-electron chi connectivity index (χ3n) is 5.92. The lowest BCUT2D eigenvalue weighted by molar-refractivity contribution is -0.135. The van der Waals surface area contributed by atoms with Crippen LogP contribution in [0.25, 0.3) is 0 Å². The van der Waals surface area contributed by atoms with E-state index < -0.39 is 0 Å². The van der Waals surface area contributed by atoms with E-state index in [4.69, 9.17) is 20.8 Å². The van der Waals surface area contributed by atoms with Crippen molar-refractivity contribution in [2.75, 3.05) is 19.7 Å². The number of ether oxygens (including phenoxy) is 1. The van der Waals surface area contributed by atoms with Gasteiger partial charge in [0.2, 0.25) is 5.91 Å². The van der Waals surface area contributed by atoms with E-state index in [0.29, 0.717) is 23.9 Å². The van der Waals surface area contributed by atoms with Gasteiger partial charge in [0.05, 0.1) is 12.3 Å². The molecule has 1 fully saturated rings. The predicted octanol–water partition coefficient (Wildman–Crippen LogP) is 4.80. The number of rotatable bonds is 7. The van der Waals surface area contributed by atoms with E-state index in [9.17, 15) is 9.59 Å². The van der Waals surface area contributed by atoms with Crippen molar-refractivity contribution in [3.8, 4) is 5.75 Å². The molecule has 2 amide bonds. The van der Waals surface area contributed by atoms with Crippen LogP contribution in [-0.4, -0.2) is 47.4 Å². The van der Waals surface area contributed by atoms with Crippen molar-refractivity contribution >= 4 is 34.8 Å². The predicted molar refractivity (Wildman–Crippen MR) is 122 cm³/mol. The van der Waals surface area contributed by atoms with E-state index in [1.54, 1.807) is 40.5 Å². The molecule has 0 radical (unpaired) electrons. The van der Waals surface area contributed by atoms with Crippen LogP contribution in [0, 0.1) is 0 Å². The minimum atomic E-state index is -0.229. The molecule has 2 aromatic heterocycles. The Kier molecular flexibility index (Phi) is 5.93. The van der Waals surface area contributed by atoms with Crippen molar-refractivity contribution in [2.45, 2.75) is 31.3 Å². The van der Waals surface area contributed by atoms with Crippen LogP contribution in [0.5, 0.6) is 5.75 Å². The molecule has 2 aliphatic rings. The van der Waals surface area contributed by atoms with Crippen molar-refractivity contribution in [1.29, 1.82) is 0 Å². The lowest BCUT2D eigenvalue weighted by Gasteiger charge is -2.37. The first kappa shape index (κ1) is 21.1. The van der Waals surface area contributed by atoms with Gasteiger partial charge >= 0.3 is 0 Å². The Hall–Kier alpha value is -2.77. The molecule has 0 N–H and O–H groups in total. The van der Waals surface area contributed by atoms with Crippen LogP contribution in [0.2, 0.25) is 5.02 Å². The van der Waals surface area contributed by atoms with Gasteiger partial charge in [-0.05, 0) is 72.7 Å². The summed E-state index contributed by atoms with van der Waals surface area (Å²) < 4.78 is 11.3. The van der Waals surface area contributed by atoms with E-state index in [2.05, 4.69) is 11.4 Å². The lowest BCUT2D eigenvalue weighted by Crippen LogP contribution is -2.48. The Morgan fingerprint density at radius 2 is 2.00 bits per heavy atom. The maximum absolute atomic E-state index is 13.4. The fourth-order valence-electron chi connectivity index (χ4n) is 4.11. The lowest BCUT2D eigenvalue weighted by atomic mass is 10.0. The van der Waals surface area contributed by atoms with Crippen molar-refractivity contribution in [2.24, 2.45) is 0 Å². The number of benzene rings is 1. The molecule has 3 heterocycles. The van der Waals surface area contributed by atoms with Gasteiger partial charge < -0.3 is 19.0 Å². The highest BCUT2D eigenvalue weighted by molar-refractivity contribution is 7.10. The number of hydrogen-bond acceptors (Lipinski definition) is 5. The smallest absolute Gasteiger partial charge is 0.290 e. The van der Waals surface area contributed by atoms with Gasteiger partial charge in [0.15, 0.2) is 5.76 Å². The molecule has 5 rings (SSSR count). The van der Waals surface area contributed by atoms with Crippen molar-refractivity contribution in [3.63, 3.8) is 0 Å². The summed E-state index contributed by atoms with van der Waals surface area (Å²) in [6, 6.07) is 12.5. The van der Waals surface area contributed by atoms with Gasteiger partial charge in [-0.2, -0.15) is 0 Å². The minimum absolute atomic E-state index is 0.0428. The first-order chi connectivity index (χ1) is 15.6. The van der Waals surface area contributed by atoms with Crippen molar-refractivity contribution in [1.82, 2.24) is 9.80 Å². The zero-order valence-electron chi connectivity index (χ0n) is 17.4. The molecule has 0 saturated heterocycles. The fraction of sp³-hybridized carbons (Fsp3) is 0.333. The largest absolute Gasteiger partial charge is 0.491 e. The Bertz CT molecular complexity index is 1090. The number of carbonyl (C=O) groups excluding carboxylic acids is 2. The summed E-state index contributed by atoms with van der Waals surface area (Å²) in [4.78, 5) is 31.1. The topological polar surface area (TPSA) is 63.0 Å². The number of halogens is 1. The first-order valence-corrected chi connectivity index (χ1v) is 11.9. The average Bonchev–Trinajstić information content (AvgIpc) is 3.28. The number of carbonyl (C=O) groups is 2. The van der Waals surface area contributed by atoms with E-state index in [0.717, 1.165) is 24.8 Å². The summed E-state index contributed by atoms with van der Waals surface area (Å²) in [6.45, 7) is 0.988. The monoisotopic (exact) mass is 470 g/mol. The summed E-state index contributed by atoms with van der Waals surface area (Å²) in [5, 5.41) is 2.71. The zero-order valence-corrected chi connectivity index (χ0v) is 19.0. The number of furan rings is 1. The van der Waals surface area contributed by atoms with Gasteiger partial charge in [-0.3, -0.25) is 9.59 Å². The molecule has 3 aromatic rings. The molecule has 1 saturated carbocycles. The molecule has 1 atom stereocenters. The van der Waals surface area contributed by atoms with Crippen LogP contribution in [-0.2, 0) is 11.2 Å². The summed E-state index contributed by atoms with van der Waals surface area (Å²) in [5.41, 5.74) is 1.12. The standard InChI is InChI=1S/C24H23ClN2O4S/c25-16-3-7-18(8-4-16)31-15-20-19-10-13-32-22(19)9-11-26(20)23(28)14-27(17-5-6-17)24(29)21-2-1-12-30-21/h1-4,7-8,10,12-13,17,20H,5-6,9,11,14-15H2/t20-/m1/s1. The van der Waals surface area contributed by atoms with Gasteiger partial charge in [-0.15, -0.1) is 11.3 Å². The van der Waals surface area contributed by atoms with E-state index >= 15 is 0 Å². The van der Waals surface area contributed by atoms with E-state index in [1.165, 1.54) is 11.1 Å². The van der Waals surface area contributed by atoms with Crippen LogP contribution in [0.3, 0.4) is 0 Å². The van der Waals surface area contributed by atoms with Crippen LogP contribution in [0.1, 0.15) is 39.9 Å². The molecule has 1 aromatic carbocycles. The van der Waals surface area contributed by atoms with Gasteiger partial charge in [0.25, 0.3) is 5.91 Å². The van der Waals surface area contributed by atoms with Crippen molar-refractivity contribution < 1.29 is 18.7 Å². The highest BCUT2D eigenvalue weighted by atomic mass is 35.5. The zero-order chi connectivity index (χ0) is 22.1. The van der Waals surface area contributed by atoms with Crippen LogP contribution >= 0.6 is 22.9 Å². The SMILES string of the molecule is O=C(c1ccco1)N(CC(=O)N1CCc2sccc2[C@H]1COc1ccc(Cl)cc1)C1CC1. The minimum Gasteiger partial charge on any atom is -0.491 e. The maximum atomic E-state index is 13.4. The third-order valence-corrected chi connectivity index (χ3v) is 7.17. The number of thiophene rings is 1. The Labute approximate surface area is 195 Å². The molecule has 0 unspecified atom stereocenters. The summed E-state index contributed by atoms with van der Waals surface area (Å²) in [5.74, 6) is 0.675. The first-order valence-electron chi connectivity index (χ1n) is 10.7. The number of fused-ring (bicyclic) bond motifs is 1. The fourth-order valence-corrected chi connectivity index (χ4v) is 5.17. The molecule has 1 aliphatic carbocycles. The van der Waals surface area contributed by atoms with Gasteiger partial charge in [-0.1, -0.05) is 11.6 Å². The second kappa shape index (κ2) is 9.00. The quantitative estimate of drug-likeness (QED) is 0.497. The van der Waals surface area contributed by atoms with E-state index in [-0.39, 0.29) is 36.2 Å². The van der Waals surface area contributed by atoms with E-state index in [1.807, 2.05) is 17.0 Å². The number of hydrogen-bond donors (Lipinski definition) is 0. The Morgan fingerprint density at radius 1 is 1.19 bits per heavy atom. The number of amides is 2. The molecule has 6 nitrogen and oxygen atoms in total. The Balaban J connectivity index is 1.33. The van der Waals surface area contributed by atoms with Crippen LogP contribution in [0.4, 0.5) is 0 Å². The van der Waals surface area contributed by atoms with Gasteiger partial charge in [0, 0.05) is 22.5 Å². The number of nitrogens with zero attached hydrogens (tertiary/aromatic N) is 2. The molecule has 166 valence electrons. The highest BCUT2D eigenvalue weighted by Crippen LogP contribution is 2.35. The second-order valence-corrected chi connectivity index (χ2v) is 9.50. The third kappa shape index (κ3) is 4.40. The van der Waals surface area contributed by atoms with Crippen LogP contribution in [0.15, 0.2) is 58.5 Å². The summed E-state index contributed by atoms with van der Waals surface area (Å²) in [6.07, 6.45) is 4.12. The molecular formula is C24H23ClN2O4S. The molecular weight excluding hydrogens is 448 g/mol. The molecule has 1 aliphatic heterocycles. The summed E-state index contributed by atoms with van der Waals surface area (Å²) in [7, 11) is 0. The molecule has 32 heavy (non-hydrogen) atoms. The Morgan fingerprint density at radius 3 is 2.72 bits per heavy atom. The van der Waals surface area contributed by atoms with Gasteiger partial charge in [0.1, 0.15) is 18.9 Å².